The monoisotopic (exact) mass is 443 g/mol. The van der Waals surface area contributed by atoms with Crippen LogP contribution in [0.5, 0.6) is 11.5 Å². The highest BCUT2D eigenvalue weighted by atomic mass is 16.5. The lowest BCUT2D eigenvalue weighted by atomic mass is 10.1. The zero-order chi connectivity index (χ0) is 22.9. The first-order valence-corrected chi connectivity index (χ1v) is 10.5. The van der Waals surface area contributed by atoms with Gasteiger partial charge in [-0.2, -0.15) is 0 Å². The summed E-state index contributed by atoms with van der Waals surface area (Å²) in [4.78, 5) is 37.3. The van der Waals surface area contributed by atoms with E-state index in [0.29, 0.717) is 40.5 Å². The summed E-state index contributed by atoms with van der Waals surface area (Å²) in [7, 11) is 0. The number of benzene rings is 3. The van der Waals surface area contributed by atoms with Gasteiger partial charge in [0.1, 0.15) is 11.5 Å². The largest absolute Gasteiger partial charge is 0.480 e. The first-order chi connectivity index (χ1) is 16.0. The molecule has 3 aromatic carbocycles. The van der Waals surface area contributed by atoms with Crippen molar-refractivity contribution >= 4 is 34.8 Å². The summed E-state index contributed by atoms with van der Waals surface area (Å²) in [5, 5.41) is 8.37. The molecule has 2 aliphatic rings. The molecule has 0 aromatic heterocycles. The lowest BCUT2D eigenvalue weighted by molar-refractivity contribution is -0.123. The minimum atomic E-state index is -0.615. The Morgan fingerprint density at radius 1 is 0.909 bits per heavy atom. The predicted molar refractivity (Wildman–Crippen MR) is 123 cm³/mol. The van der Waals surface area contributed by atoms with E-state index in [1.165, 1.54) is 0 Å². The molecule has 0 spiro atoms. The number of para-hydroxylation sites is 1. The van der Waals surface area contributed by atoms with E-state index in [2.05, 4.69) is 16.0 Å². The van der Waals surface area contributed by atoms with E-state index in [4.69, 9.17) is 9.47 Å². The summed E-state index contributed by atoms with van der Waals surface area (Å²) >= 11 is 0. The van der Waals surface area contributed by atoms with Crippen molar-refractivity contribution in [1.82, 2.24) is 0 Å². The first kappa shape index (κ1) is 20.6. The Balaban J connectivity index is 1.25. The maximum Gasteiger partial charge on any atom is 0.265 e. The number of hydrogen-bond donors (Lipinski definition) is 3. The SMILES string of the molecule is CC1Oc2ccc(NC(=O)c3cccc(NC(=O)C4Cc5ccccc5O4)c3)cc2NC1=O. The fourth-order valence-corrected chi connectivity index (χ4v) is 3.78. The molecule has 3 amide bonds. The zero-order valence-electron chi connectivity index (χ0n) is 17.8. The fraction of sp³-hybridized carbons (Fsp3) is 0.160. The van der Waals surface area contributed by atoms with Crippen LogP contribution in [-0.4, -0.2) is 29.9 Å². The minimum absolute atomic E-state index is 0.247. The van der Waals surface area contributed by atoms with Crippen LogP contribution < -0.4 is 25.4 Å². The molecule has 8 heteroatoms. The molecular formula is C25H21N3O5. The molecule has 0 saturated heterocycles. The Bertz CT molecular complexity index is 1250. The quantitative estimate of drug-likeness (QED) is 0.571. The van der Waals surface area contributed by atoms with Crippen molar-refractivity contribution in [1.29, 1.82) is 0 Å². The van der Waals surface area contributed by atoms with Crippen molar-refractivity contribution in [3.63, 3.8) is 0 Å². The topological polar surface area (TPSA) is 106 Å². The van der Waals surface area contributed by atoms with Gasteiger partial charge in [-0.3, -0.25) is 14.4 Å². The molecule has 2 aliphatic heterocycles. The highest BCUT2D eigenvalue weighted by molar-refractivity contribution is 6.06. The van der Waals surface area contributed by atoms with E-state index < -0.39 is 12.2 Å². The maximum absolute atomic E-state index is 12.8. The molecule has 0 radical (unpaired) electrons. The number of carbonyl (C=O) groups excluding carboxylic acids is 3. The summed E-state index contributed by atoms with van der Waals surface area (Å²) in [5.41, 5.74) is 2.85. The third kappa shape index (κ3) is 4.23. The van der Waals surface area contributed by atoms with Crippen molar-refractivity contribution in [3.05, 3.63) is 77.9 Å². The van der Waals surface area contributed by atoms with Gasteiger partial charge in [0.05, 0.1) is 5.69 Å². The summed E-state index contributed by atoms with van der Waals surface area (Å²) < 4.78 is 11.3. The van der Waals surface area contributed by atoms with Gasteiger partial charge in [-0.1, -0.05) is 24.3 Å². The standard InChI is InChI=1S/C25H21N3O5/c1-14-23(29)28-19-13-18(9-10-21(19)32-14)26-24(30)16-6-4-7-17(11-16)27-25(31)22-12-15-5-2-3-8-20(15)33-22/h2-11,13-14,22H,12H2,1H3,(H,26,30)(H,27,31)(H,28,29). The summed E-state index contributed by atoms with van der Waals surface area (Å²) in [6, 6.07) is 19.2. The molecule has 2 heterocycles. The van der Waals surface area contributed by atoms with Crippen LogP contribution in [0.2, 0.25) is 0 Å². The van der Waals surface area contributed by atoms with E-state index in [9.17, 15) is 14.4 Å². The van der Waals surface area contributed by atoms with Gasteiger partial charge in [-0.05, 0) is 55.0 Å². The van der Waals surface area contributed by atoms with Gasteiger partial charge in [0.2, 0.25) is 0 Å². The number of fused-ring (bicyclic) bond motifs is 2. The highest BCUT2D eigenvalue weighted by Crippen LogP contribution is 2.32. The predicted octanol–water partition coefficient (Wildman–Crippen LogP) is 3.60. The summed E-state index contributed by atoms with van der Waals surface area (Å²) in [6.45, 7) is 1.66. The smallest absolute Gasteiger partial charge is 0.265 e. The molecule has 166 valence electrons. The molecule has 0 bridgehead atoms. The van der Waals surface area contributed by atoms with Gasteiger partial charge < -0.3 is 25.4 Å². The minimum Gasteiger partial charge on any atom is -0.480 e. The van der Waals surface area contributed by atoms with Crippen LogP contribution in [0.15, 0.2) is 66.7 Å². The average molecular weight is 443 g/mol. The Hall–Kier alpha value is -4.33. The molecule has 3 N–H and O–H groups in total. The van der Waals surface area contributed by atoms with Crippen LogP contribution in [0.1, 0.15) is 22.8 Å². The maximum atomic E-state index is 12.8. The van der Waals surface area contributed by atoms with E-state index in [0.717, 1.165) is 5.56 Å². The van der Waals surface area contributed by atoms with Crippen LogP contribution in [0.25, 0.3) is 0 Å². The second-order valence-electron chi connectivity index (χ2n) is 7.90. The van der Waals surface area contributed by atoms with Gasteiger partial charge in [0, 0.05) is 23.4 Å². The molecule has 3 aromatic rings. The number of hydrogen-bond acceptors (Lipinski definition) is 5. The van der Waals surface area contributed by atoms with E-state index >= 15 is 0 Å². The number of amides is 3. The molecule has 8 nitrogen and oxygen atoms in total. The Morgan fingerprint density at radius 3 is 2.58 bits per heavy atom. The third-order valence-electron chi connectivity index (χ3n) is 5.50. The third-order valence-corrected chi connectivity index (χ3v) is 5.50. The second-order valence-corrected chi connectivity index (χ2v) is 7.90. The molecular weight excluding hydrogens is 422 g/mol. The lowest BCUT2D eigenvalue weighted by Gasteiger charge is -2.23. The number of carbonyl (C=O) groups is 3. The molecule has 33 heavy (non-hydrogen) atoms. The number of nitrogens with one attached hydrogen (secondary N) is 3. The van der Waals surface area contributed by atoms with Crippen LogP contribution in [-0.2, 0) is 16.0 Å². The second kappa shape index (κ2) is 8.31. The van der Waals surface area contributed by atoms with E-state index in [1.54, 1.807) is 49.4 Å². The fourth-order valence-electron chi connectivity index (χ4n) is 3.78. The van der Waals surface area contributed by atoms with Gasteiger partial charge in [0.25, 0.3) is 17.7 Å². The van der Waals surface area contributed by atoms with Crippen LogP contribution in [0, 0.1) is 0 Å². The van der Waals surface area contributed by atoms with Crippen LogP contribution in [0.3, 0.4) is 0 Å². The molecule has 5 rings (SSSR count). The normalized spacial score (nSPS) is 18.2. The molecule has 0 fully saturated rings. The van der Waals surface area contributed by atoms with Crippen LogP contribution >= 0.6 is 0 Å². The Labute approximate surface area is 189 Å². The van der Waals surface area contributed by atoms with E-state index in [-0.39, 0.29) is 17.7 Å². The number of ether oxygens (including phenoxy) is 2. The van der Waals surface area contributed by atoms with E-state index in [1.807, 2.05) is 24.3 Å². The van der Waals surface area contributed by atoms with Crippen molar-refractivity contribution in [3.8, 4) is 11.5 Å². The van der Waals surface area contributed by atoms with Crippen molar-refractivity contribution in [2.24, 2.45) is 0 Å². The van der Waals surface area contributed by atoms with Crippen molar-refractivity contribution in [2.45, 2.75) is 25.6 Å². The first-order valence-electron chi connectivity index (χ1n) is 10.5. The van der Waals surface area contributed by atoms with Crippen molar-refractivity contribution in [2.75, 3.05) is 16.0 Å². The molecule has 0 saturated carbocycles. The summed E-state index contributed by atoms with van der Waals surface area (Å²) in [6.07, 6.45) is -0.685. The molecule has 2 unspecified atom stereocenters. The lowest BCUT2D eigenvalue weighted by Crippen LogP contribution is -2.34. The van der Waals surface area contributed by atoms with Gasteiger partial charge >= 0.3 is 0 Å². The number of anilines is 3. The highest BCUT2D eigenvalue weighted by Gasteiger charge is 2.29. The van der Waals surface area contributed by atoms with Crippen molar-refractivity contribution < 1.29 is 23.9 Å². The Morgan fingerprint density at radius 2 is 1.73 bits per heavy atom. The number of rotatable bonds is 4. The average Bonchev–Trinajstić information content (AvgIpc) is 3.25. The molecule has 2 atom stereocenters. The van der Waals surface area contributed by atoms with Crippen LogP contribution in [0.4, 0.5) is 17.1 Å². The van der Waals surface area contributed by atoms with Gasteiger partial charge in [0.15, 0.2) is 12.2 Å². The van der Waals surface area contributed by atoms with Gasteiger partial charge in [-0.15, -0.1) is 0 Å². The molecule has 0 aliphatic carbocycles. The van der Waals surface area contributed by atoms with Gasteiger partial charge in [-0.25, -0.2) is 0 Å². The zero-order valence-corrected chi connectivity index (χ0v) is 17.8. The Kier molecular flexibility index (Phi) is 5.18. The summed E-state index contributed by atoms with van der Waals surface area (Å²) in [5.74, 6) is 0.382.